The minimum atomic E-state index is -0.376. The van der Waals surface area contributed by atoms with E-state index in [0.717, 1.165) is 12.0 Å². The van der Waals surface area contributed by atoms with Crippen LogP contribution in [0.15, 0.2) is 146 Å². The lowest BCUT2D eigenvalue weighted by molar-refractivity contribution is 0.842. The third-order valence-electron chi connectivity index (χ3n) is 10.2. The highest BCUT2D eigenvalue weighted by Gasteiger charge is 2.53. The highest BCUT2D eigenvalue weighted by Crippen LogP contribution is 2.65. The lowest BCUT2D eigenvalue weighted by Crippen LogP contribution is -2.27. The third-order valence-corrected chi connectivity index (χ3v) is 10.2. The molecule has 0 aliphatic heterocycles. The zero-order chi connectivity index (χ0) is 30.7. The maximum Gasteiger partial charge on any atom is 0.0728 e. The van der Waals surface area contributed by atoms with Crippen LogP contribution in [-0.4, -0.2) is 0 Å². The molecule has 45 heavy (non-hydrogen) atoms. The van der Waals surface area contributed by atoms with Crippen LogP contribution >= 0.6 is 0 Å². The van der Waals surface area contributed by atoms with Crippen LogP contribution in [0.4, 0.5) is 0 Å². The Balaban J connectivity index is 1.39. The van der Waals surface area contributed by atoms with Gasteiger partial charge in [0.05, 0.1) is 5.41 Å². The van der Waals surface area contributed by atoms with Gasteiger partial charge in [-0.1, -0.05) is 141 Å². The maximum absolute atomic E-state index is 3.98. The van der Waals surface area contributed by atoms with Crippen LogP contribution in [0.2, 0.25) is 0 Å². The van der Waals surface area contributed by atoms with Crippen molar-refractivity contribution in [1.82, 2.24) is 0 Å². The molecule has 0 nitrogen and oxygen atoms in total. The molecule has 0 heterocycles. The minimum Gasteiger partial charge on any atom is -0.0985 e. The van der Waals surface area contributed by atoms with Crippen molar-refractivity contribution < 1.29 is 0 Å². The number of fused-ring (bicyclic) bond motifs is 8. The molecule has 0 atom stereocenters. The highest BCUT2D eigenvalue weighted by molar-refractivity contribution is 6.11. The van der Waals surface area contributed by atoms with Crippen molar-refractivity contribution in [1.29, 1.82) is 0 Å². The lowest BCUT2D eigenvalue weighted by Gasteiger charge is -2.34. The van der Waals surface area contributed by atoms with E-state index in [1.165, 1.54) is 83.1 Å². The second-order valence-electron chi connectivity index (χ2n) is 12.3. The Morgan fingerprint density at radius 2 is 1.22 bits per heavy atom. The third kappa shape index (κ3) is 3.85. The second-order valence-corrected chi connectivity index (χ2v) is 12.3. The summed E-state index contributed by atoms with van der Waals surface area (Å²) in [7, 11) is 0. The fourth-order valence-electron chi connectivity index (χ4n) is 8.20. The van der Waals surface area contributed by atoms with E-state index < -0.39 is 0 Å². The van der Waals surface area contributed by atoms with Crippen molar-refractivity contribution in [3.63, 3.8) is 0 Å². The smallest absolute Gasteiger partial charge is 0.0728 e. The van der Waals surface area contributed by atoms with Crippen LogP contribution in [0.25, 0.3) is 49.7 Å². The Morgan fingerprint density at radius 3 is 1.82 bits per heavy atom. The van der Waals surface area contributed by atoms with Gasteiger partial charge in [0.1, 0.15) is 0 Å². The molecule has 0 bridgehead atoms. The van der Waals surface area contributed by atoms with Crippen LogP contribution in [0.5, 0.6) is 0 Å². The predicted molar refractivity (Wildman–Crippen MR) is 193 cm³/mol. The molecule has 0 amide bonds. The molecule has 2 aliphatic rings. The molecule has 0 N–H and O–H groups in total. The first-order chi connectivity index (χ1) is 22.1. The molecule has 0 aromatic heterocycles. The molecular formula is C45H36. The number of hydrogen-bond acceptors (Lipinski definition) is 0. The minimum absolute atomic E-state index is 0.376. The van der Waals surface area contributed by atoms with E-state index in [9.17, 15) is 0 Å². The van der Waals surface area contributed by atoms with Crippen LogP contribution in [0.3, 0.4) is 0 Å². The van der Waals surface area contributed by atoms with E-state index in [1.807, 2.05) is 6.08 Å². The van der Waals surface area contributed by atoms with E-state index in [4.69, 9.17) is 0 Å². The number of benzene rings is 6. The summed E-state index contributed by atoms with van der Waals surface area (Å²) < 4.78 is 0. The van der Waals surface area contributed by atoms with Crippen molar-refractivity contribution in [2.75, 3.05) is 0 Å². The molecule has 0 fully saturated rings. The molecule has 8 rings (SSSR count). The van der Waals surface area contributed by atoms with Crippen molar-refractivity contribution >= 4 is 27.5 Å². The van der Waals surface area contributed by atoms with Gasteiger partial charge < -0.3 is 0 Å². The Kier molecular flexibility index (Phi) is 6.36. The summed E-state index contributed by atoms with van der Waals surface area (Å²) in [6.45, 7) is 10.7. The molecule has 2 aliphatic carbocycles. The van der Waals surface area contributed by atoms with Gasteiger partial charge in [-0.15, -0.1) is 0 Å². The van der Waals surface area contributed by atoms with Gasteiger partial charge in [0.25, 0.3) is 0 Å². The van der Waals surface area contributed by atoms with Gasteiger partial charge in [0, 0.05) is 0 Å². The van der Waals surface area contributed by atoms with E-state index in [-0.39, 0.29) is 5.41 Å². The van der Waals surface area contributed by atoms with Crippen molar-refractivity contribution in [2.24, 2.45) is 0 Å². The average molecular weight is 577 g/mol. The molecule has 216 valence electrons. The Labute approximate surface area is 266 Å². The predicted octanol–water partition coefficient (Wildman–Crippen LogP) is 12.1. The standard InChI is InChI=1S/C45H36/c1-5-30(6-2)31-20-22-32(23-21-31)35-24-25-37(29(4)26-35)44-36(7-3)40-27-33-14-8-9-15-34(33)28-43(40)45(44)41-18-12-10-16-38(41)39-17-11-13-19-42(39)45/h5-6,8-28H,1,7H2,2-4H3/b30-6+. The molecular weight excluding hydrogens is 540 g/mol. The van der Waals surface area contributed by atoms with Gasteiger partial charge in [-0.05, 0) is 121 Å². The SMILES string of the molecule is C=C/C(=C\C)c1ccc(-c2ccc(C3=C(CC)c4cc5ccccc5cc4C34c3ccccc3-c3ccccc34)c(C)c2)cc1. The lowest BCUT2D eigenvalue weighted by atomic mass is 9.67. The highest BCUT2D eigenvalue weighted by atomic mass is 14.5. The van der Waals surface area contributed by atoms with E-state index in [2.05, 4.69) is 161 Å². The summed E-state index contributed by atoms with van der Waals surface area (Å²) in [5.74, 6) is 0. The van der Waals surface area contributed by atoms with E-state index >= 15 is 0 Å². The summed E-state index contributed by atoms with van der Waals surface area (Å²) in [5.41, 5.74) is 18.2. The average Bonchev–Trinajstić information content (AvgIpc) is 3.54. The van der Waals surface area contributed by atoms with Gasteiger partial charge in [-0.25, -0.2) is 0 Å². The van der Waals surface area contributed by atoms with E-state index in [0.29, 0.717) is 0 Å². The number of rotatable bonds is 5. The van der Waals surface area contributed by atoms with Crippen LogP contribution in [0.1, 0.15) is 59.2 Å². The summed E-state index contributed by atoms with van der Waals surface area (Å²) in [6.07, 6.45) is 4.99. The number of hydrogen-bond donors (Lipinski definition) is 0. The Hall–Kier alpha value is -5.20. The summed E-state index contributed by atoms with van der Waals surface area (Å²) in [4.78, 5) is 0. The van der Waals surface area contributed by atoms with Gasteiger partial charge >= 0.3 is 0 Å². The first-order valence-corrected chi connectivity index (χ1v) is 16.1. The summed E-state index contributed by atoms with van der Waals surface area (Å²) in [6, 6.07) is 47.9. The molecule has 0 saturated heterocycles. The number of allylic oxidation sites excluding steroid dienone is 5. The molecule has 0 saturated carbocycles. The molecule has 1 spiro atoms. The van der Waals surface area contributed by atoms with Crippen LogP contribution < -0.4 is 0 Å². The van der Waals surface area contributed by atoms with Crippen LogP contribution in [-0.2, 0) is 5.41 Å². The van der Waals surface area contributed by atoms with Crippen molar-refractivity contribution in [2.45, 2.75) is 32.6 Å². The van der Waals surface area contributed by atoms with Gasteiger partial charge in [0.2, 0.25) is 0 Å². The van der Waals surface area contributed by atoms with Gasteiger partial charge in [0.15, 0.2) is 0 Å². The zero-order valence-corrected chi connectivity index (χ0v) is 26.2. The molecule has 0 radical (unpaired) electrons. The molecule has 0 heteroatoms. The topological polar surface area (TPSA) is 0 Å². The number of aryl methyl sites for hydroxylation is 1. The Morgan fingerprint density at radius 1 is 0.622 bits per heavy atom. The van der Waals surface area contributed by atoms with Crippen molar-refractivity contribution in [3.05, 3.63) is 185 Å². The first-order valence-electron chi connectivity index (χ1n) is 16.1. The van der Waals surface area contributed by atoms with Crippen molar-refractivity contribution in [3.8, 4) is 22.3 Å². The quantitative estimate of drug-likeness (QED) is 0.179. The maximum atomic E-state index is 3.98. The van der Waals surface area contributed by atoms with E-state index in [1.54, 1.807) is 0 Å². The van der Waals surface area contributed by atoms with Gasteiger partial charge in [-0.2, -0.15) is 0 Å². The second kappa shape index (κ2) is 10.5. The van der Waals surface area contributed by atoms with Crippen LogP contribution in [0, 0.1) is 6.92 Å². The molecule has 6 aromatic carbocycles. The zero-order valence-electron chi connectivity index (χ0n) is 26.2. The fourth-order valence-corrected chi connectivity index (χ4v) is 8.20. The van der Waals surface area contributed by atoms with Gasteiger partial charge in [-0.3, -0.25) is 0 Å². The monoisotopic (exact) mass is 576 g/mol. The fraction of sp³-hybridized carbons (Fsp3) is 0.111. The molecule has 0 unspecified atom stereocenters. The largest absolute Gasteiger partial charge is 0.0985 e. The first kappa shape index (κ1) is 27.4. The summed E-state index contributed by atoms with van der Waals surface area (Å²) >= 11 is 0. The Bertz CT molecular complexity index is 2170. The molecule has 6 aromatic rings. The normalized spacial score (nSPS) is 14.5. The summed E-state index contributed by atoms with van der Waals surface area (Å²) in [5, 5.41) is 2.59.